The van der Waals surface area contributed by atoms with Crippen LogP contribution in [0.2, 0.25) is 0 Å². The van der Waals surface area contributed by atoms with E-state index in [4.69, 9.17) is 14.6 Å². The van der Waals surface area contributed by atoms with Crippen molar-refractivity contribution in [1.82, 2.24) is 0 Å². The maximum absolute atomic E-state index is 9.16. The summed E-state index contributed by atoms with van der Waals surface area (Å²) in [5.41, 5.74) is 0.824. The highest BCUT2D eigenvalue weighted by molar-refractivity contribution is 7.11. The SMILES string of the molecule is CCOc1cc(CO)ccc1OCc1ccc(CC)s1. The van der Waals surface area contributed by atoms with Crippen LogP contribution in [0.5, 0.6) is 11.5 Å². The molecule has 0 saturated heterocycles. The van der Waals surface area contributed by atoms with Gasteiger partial charge in [-0.15, -0.1) is 11.3 Å². The molecule has 0 fully saturated rings. The summed E-state index contributed by atoms with van der Waals surface area (Å²) in [5, 5.41) is 9.16. The number of ether oxygens (including phenoxy) is 2. The third kappa shape index (κ3) is 3.74. The monoisotopic (exact) mass is 292 g/mol. The van der Waals surface area contributed by atoms with E-state index in [0.717, 1.165) is 17.7 Å². The molecular weight excluding hydrogens is 272 g/mol. The van der Waals surface area contributed by atoms with Crippen molar-refractivity contribution in [3.63, 3.8) is 0 Å². The van der Waals surface area contributed by atoms with Gasteiger partial charge in [0.25, 0.3) is 0 Å². The maximum atomic E-state index is 9.16. The molecule has 0 aliphatic rings. The molecule has 4 heteroatoms. The second-order valence-corrected chi connectivity index (χ2v) is 5.64. The Morgan fingerprint density at radius 3 is 2.45 bits per heavy atom. The number of benzene rings is 1. The standard InChI is InChI=1S/C16H20O3S/c1-3-13-6-7-14(20-13)11-19-15-8-5-12(10-17)9-16(15)18-4-2/h5-9,17H,3-4,10-11H2,1-2H3. The van der Waals surface area contributed by atoms with E-state index in [-0.39, 0.29) is 6.61 Å². The first-order chi connectivity index (χ1) is 9.76. The zero-order valence-corrected chi connectivity index (χ0v) is 12.7. The summed E-state index contributed by atoms with van der Waals surface area (Å²) in [6, 6.07) is 9.77. The third-order valence-corrected chi connectivity index (χ3v) is 4.13. The van der Waals surface area contributed by atoms with E-state index >= 15 is 0 Å². The number of hydrogen-bond donors (Lipinski definition) is 1. The Kier molecular flexibility index (Phi) is 5.44. The molecule has 3 nitrogen and oxygen atoms in total. The lowest BCUT2D eigenvalue weighted by Gasteiger charge is -2.12. The Morgan fingerprint density at radius 1 is 1.00 bits per heavy atom. The summed E-state index contributed by atoms with van der Waals surface area (Å²) >= 11 is 1.77. The van der Waals surface area contributed by atoms with Crippen LogP contribution in [0.1, 0.15) is 29.2 Å². The quantitative estimate of drug-likeness (QED) is 0.844. The second-order valence-electron chi connectivity index (χ2n) is 4.38. The van der Waals surface area contributed by atoms with Crippen molar-refractivity contribution in [2.75, 3.05) is 6.61 Å². The summed E-state index contributed by atoms with van der Waals surface area (Å²) in [7, 11) is 0. The lowest BCUT2D eigenvalue weighted by Crippen LogP contribution is -1.99. The molecule has 0 aliphatic heterocycles. The Labute approximate surface area is 123 Å². The lowest BCUT2D eigenvalue weighted by atomic mass is 10.2. The summed E-state index contributed by atoms with van der Waals surface area (Å²) in [5.74, 6) is 1.40. The van der Waals surface area contributed by atoms with Crippen LogP contribution in [0.25, 0.3) is 0 Å². The number of hydrogen-bond acceptors (Lipinski definition) is 4. The minimum absolute atomic E-state index is 0.00510. The Balaban J connectivity index is 2.07. The molecule has 0 aliphatic carbocycles. The number of rotatable bonds is 7. The number of aliphatic hydroxyl groups excluding tert-OH is 1. The van der Waals surface area contributed by atoms with Crippen LogP contribution in [0.3, 0.4) is 0 Å². The lowest BCUT2D eigenvalue weighted by molar-refractivity contribution is 0.265. The van der Waals surface area contributed by atoms with Crippen molar-refractivity contribution in [3.05, 3.63) is 45.6 Å². The molecule has 1 N–H and O–H groups in total. The Bertz CT molecular complexity index is 548. The van der Waals surface area contributed by atoms with Gasteiger partial charge >= 0.3 is 0 Å². The van der Waals surface area contributed by atoms with E-state index in [2.05, 4.69) is 19.1 Å². The van der Waals surface area contributed by atoms with Crippen molar-refractivity contribution in [3.8, 4) is 11.5 Å². The summed E-state index contributed by atoms with van der Waals surface area (Å²) in [6.07, 6.45) is 1.06. The zero-order valence-electron chi connectivity index (χ0n) is 11.9. The number of thiophene rings is 1. The maximum Gasteiger partial charge on any atom is 0.161 e. The second kappa shape index (κ2) is 7.31. The van der Waals surface area contributed by atoms with Crippen molar-refractivity contribution in [2.24, 2.45) is 0 Å². The van der Waals surface area contributed by atoms with Gasteiger partial charge in [-0.2, -0.15) is 0 Å². The van der Waals surface area contributed by atoms with Crippen LogP contribution in [0.4, 0.5) is 0 Å². The van der Waals surface area contributed by atoms with Crippen LogP contribution in [-0.4, -0.2) is 11.7 Å². The van der Waals surface area contributed by atoms with Crippen LogP contribution in [-0.2, 0) is 19.6 Å². The van der Waals surface area contributed by atoms with E-state index in [0.29, 0.717) is 19.0 Å². The Hall–Kier alpha value is -1.52. The average Bonchev–Trinajstić information content (AvgIpc) is 2.94. The molecule has 20 heavy (non-hydrogen) atoms. The number of aliphatic hydroxyl groups is 1. The first kappa shape index (κ1) is 14.9. The molecule has 0 atom stereocenters. The van der Waals surface area contributed by atoms with Crippen molar-refractivity contribution in [2.45, 2.75) is 33.5 Å². The molecule has 0 bridgehead atoms. The van der Waals surface area contributed by atoms with E-state index in [1.165, 1.54) is 9.75 Å². The van der Waals surface area contributed by atoms with Crippen LogP contribution in [0, 0.1) is 0 Å². The van der Waals surface area contributed by atoms with Gasteiger partial charge in [-0.25, -0.2) is 0 Å². The fraction of sp³-hybridized carbons (Fsp3) is 0.375. The fourth-order valence-corrected chi connectivity index (χ4v) is 2.75. The van der Waals surface area contributed by atoms with Crippen LogP contribution < -0.4 is 9.47 Å². The molecule has 1 heterocycles. The zero-order chi connectivity index (χ0) is 14.4. The van der Waals surface area contributed by atoms with Gasteiger partial charge in [0.05, 0.1) is 13.2 Å². The minimum atomic E-state index is 0.00510. The van der Waals surface area contributed by atoms with Crippen LogP contribution in [0.15, 0.2) is 30.3 Å². The molecule has 2 rings (SSSR count). The predicted molar refractivity (Wildman–Crippen MR) is 81.6 cm³/mol. The average molecular weight is 292 g/mol. The summed E-state index contributed by atoms with van der Waals surface area (Å²) in [6.45, 7) is 5.21. The molecule has 0 unspecified atom stereocenters. The van der Waals surface area contributed by atoms with Gasteiger partial charge in [-0.1, -0.05) is 13.0 Å². The summed E-state index contributed by atoms with van der Waals surface area (Å²) < 4.78 is 11.4. The van der Waals surface area contributed by atoms with E-state index in [1.54, 1.807) is 11.3 Å². The van der Waals surface area contributed by atoms with Gasteiger partial charge < -0.3 is 14.6 Å². The molecule has 0 saturated carbocycles. The molecule has 1 aromatic carbocycles. The highest BCUT2D eigenvalue weighted by Gasteiger charge is 2.07. The largest absolute Gasteiger partial charge is 0.490 e. The molecule has 0 radical (unpaired) electrons. The first-order valence-corrected chi connectivity index (χ1v) is 7.65. The van der Waals surface area contributed by atoms with Gasteiger partial charge in [0.15, 0.2) is 11.5 Å². The predicted octanol–water partition coefficient (Wildman–Crippen LogP) is 3.78. The third-order valence-electron chi connectivity index (χ3n) is 2.93. The van der Waals surface area contributed by atoms with Crippen molar-refractivity contribution in [1.29, 1.82) is 0 Å². The molecule has 2 aromatic rings. The molecule has 0 amide bonds. The van der Waals surface area contributed by atoms with Crippen molar-refractivity contribution >= 4 is 11.3 Å². The van der Waals surface area contributed by atoms with E-state index < -0.39 is 0 Å². The van der Waals surface area contributed by atoms with Gasteiger partial charge in [-0.3, -0.25) is 0 Å². The van der Waals surface area contributed by atoms with E-state index in [9.17, 15) is 0 Å². The first-order valence-electron chi connectivity index (χ1n) is 6.83. The van der Waals surface area contributed by atoms with Crippen LogP contribution >= 0.6 is 11.3 Å². The fourth-order valence-electron chi connectivity index (χ4n) is 1.88. The smallest absolute Gasteiger partial charge is 0.161 e. The normalized spacial score (nSPS) is 10.6. The molecular formula is C16H20O3S. The van der Waals surface area contributed by atoms with Gasteiger partial charge in [0.2, 0.25) is 0 Å². The Morgan fingerprint density at radius 2 is 1.80 bits per heavy atom. The molecule has 1 aromatic heterocycles. The minimum Gasteiger partial charge on any atom is -0.490 e. The summed E-state index contributed by atoms with van der Waals surface area (Å²) in [4.78, 5) is 2.57. The number of aryl methyl sites for hydroxylation is 1. The van der Waals surface area contributed by atoms with Gasteiger partial charge in [0.1, 0.15) is 6.61 Å². The van der Waals surface area contributed by atoms with Crippen molar-refractivity contribution < 1.29 is 14.6 Å². The van der Waals surface area contributed by atoms with E-state index in [1.807, 2.05) is 25.1 Å². The molecule has 108 valence electrons. The van der Waals surface area contributed by atoms with Gasteiger partial charge in [0, 0.05) is 9.75 Å². The highest BCUT2D eigenvalue weighted by Crippen LogP contribution is 2.30. The topological polar surface area (TPSA) is 38.7 Å². The highest BCUT2D eigenvalue weighted by atomic mass is 32.1. The van der Waals surface area contributed by atoms with Gasteiger partial charge in [-0.05, 0) is 43.2 Å². The molecule has 0 spiro atoms.